The lowest BCUT2D eigenvalue weighted by molar-refractivity contribution is 0.248. The fourth-order valence-electron chi connectivity index (χ4n) is 1.04. The van der Waals surface area contributed by atoms with E-state index >= 15 is 0 Å². The number of nitrogens with zero attached hydrogens (tertiary/aromatic N) is 1. The van der Waals surface area contributed by atoms with Crippen LogP contribution < -0.4 is 10.2 Å². The lowest BCUT2D eigenvalue weighted by atomic mass is 10.3. The van der Waals surface area contributed by atoms with Gasteiger partial charge in [-0.1, -0.05) is 18.2 Å². The van der Waals surface area contributed by atoms with E-state index in [1.807, 2.05) is 37.3 Å². The highest BCUT2D eigenvalue weighted by atomic mass is 16.2. The Morgan fingerprint density at radius 1 is 1.38 bits per heavy atom. The summed E-state index contributed by atoms with van der Waals surface area (Å²) < 4.78 is 0. The largest absolute Gasteiger partial charge is 0.338 e. The lowest BCUT2D eigenvalue weighted by Crippen LogP contribution is -2.36. The number of nitrogens with one attached hydrogen (secondary N) is 1. The van der Waals surface area contributed by atoms with Gasteiger partial charge in [0.1, 0.15) is 0 Å². The molecule has 0 atom stereocenters. The highest BCUT2D eigenvalue weighted by Crippen LogP contribution is 2.10. The molecule has 0 radical (unpaired) electrons. The molecule has 0 aliphatic heterocycles. The number of carbonyl (C=O) groups is 1. The van der Waals surface area contributed by atoms with Crippen LogP contribution in [0.4, 0.5) is 10.5 Å². The Labute approximate surface area is 78.4 Å². The van der Waals surface area contributed by atoms with Crippen molar-refractivity contribution in [3.8, 4) is 0 Å². The predicted octanol–water partition coefficient (Wildman–Crippen LogP) is 1.85. The van der Waals surface area contributed by atoms with Gasteiger partial charge in [-0.15, -0.1) is 0 Å². The van der Waals surface area contributed by atoms with Gasteiger partial charge in [0.15, 0.2) is 0 Å². The molecule has 0 aliphatic rings. The molecule has 0 unspecified atom stereocenters. The van der Waals surface area contributed by atoms with E-state index in [4.69, 9.17) is 0 Å². The molecular weight excluding hydrogens is 164 g/mol. The van der Waals surface area contributed by atoms with Gasteiger partial charge in [0.25, 0.3) is 0 Å². The molecule has 3 nitrogen and oxygen atoms in total. The predicted molar refractivity (Wildman–Crippen MR) is 53.9 cm³/mol. The maximum absolute atomic E-state index is 11.4. The Balaban J connectivity index is 2.68. The minimum absolute atomic E-state index is 0.0753. The standard InChI is InChI=1S/C10H14N2O/c1-3-11-10(13)12(2)9-7-5-4-6-8-9/h4-8H,3H2,1-2H3,(H,11,13). The number of benzene rings is 1. The van der Waals surface area contributed by atoms with Gasteiger partial charge in [0.2, 0.25) is 0 Å². The zero-order valence-electron chi connectivity index (χ0n) is 7.95. The molecule has 0 saturated heterocycles. The molecule has 0 aliphatic carbocycles. The average molecular weight is 178 g/mol. The van der Waals surface area contributed by atoms with Gasteiger partial charge in [-0.2, -0.15) is 0 Å². The second-order valence-electron chi connectivity index (χ2n) is 2.73. The van der Waals surface area contributed by atoms with E-state index in [1.165, 1.54) is 0 Å². The molecule has 1 N–H and O–H groups in total. The molecule has 0 heterocycles. The van der Waals surface area contributed by atoms with Crippen LogP contribution in [0, 0.1) is 0 Å². The number of hydrogen-bond donors (Lipinski definition) is 1. The Kier molecular flexibility index (Phi) is 3.31. The number of hydrogen-bond acceptors (Lipinski definition) is 1. The molecule has 0 fully saturated rings. The first kappa shape index (κ1) is 9.58. The topological polar surface area (TPSA) is 32.3 Å². The molecule has 1 aromatic carbocycles. The number of rotatable bonds is 2. The van der Waals surface area contributed by atoms with Crippen LogP contribution in [0.2, 0.25) is 0 Å². The van der Waals surface area contributed by atoms with Crippen molar-refractivity contribution in [1.82, 2.24) is 5.32 Å². The van der Waals surface area contributed by atoms with Crippen LogP contribution in [0.25, 0.3) is 0 Å². The minimum Gasteiger partial charge on any atom is -0.338 e. The summed E-state index contributed by atoms with van der Waals surface area (Å²) >= 11 is 0. The van der Waals surface area contributed by atoms with E-state index in [1.54, 1.807) is 11.9 Å². The zero-order valence-corrected chi connectivity index (χ0v) is 7.95. The van der Waals surface area contributed by atoms with Crippen molar-refractivity contribution >= 4 is 11.7 Å². The molecule has 70 valence electrons. The number of urea groups is 1. The van der Waals surface area contributed by atoms with Crippen molar-refractivity contribution in [3.63, 3.8) is 0 Å². The zero-order chi connectivity index (χ0) is 9.68. The first-order valence-corrected chi connectivity index (χ1v) is 4.32. The van der Waals surface area contributed by atoms with E-state index in [0.29, 0.717) is 6.54 Å². The van der Waals surface area contributed by atoms with Crippen molar-refractivity contribution in [2.24, 2.45) is 0 Å². The van der Waals surface area contributed by atoms with Crippen LogP contribution in [0.5, 0.6) is 0 Å². The van der Waals surface area contributed by atoms with Crippen LogP contribution in [0.15, 0.2) is 30.3 Å². The second kappa shape index (κ2) is 4.50. The van der Waals surface area contributed by atoms with E-state index in [2.05, 4.69) is 5.32 Å². The molecule has 2 amide bonds. The molecule has 13 heavy (non-hydrogen) atoms. The number of anilines is 1. The van der Waals surface area contributed by atoms with E-state index in [-0.39, 0.29) is 6.03 Å². The van der Waals surface area contributed by atoms with Crippen LogP contribution >= 0.6 is 0 Å². The van der Waals surface area contributed by atoms with Gasteiger partial charge in [0, 0.05) is 19.3 Å². The van der Waals surface area contributed by atoms with Gasteiger partial charge < -0.3 is 5.32 Å². The van der Waals surface area contributed by atoms with Crippen molar-refractivity contribution in [3.05, 3.63) is 30.3 Å². The van der Waals surface area contributed by atoms with Crippen molar-refractivity contribution < 1.29 is 4.79 Å². The van der Waals surface area contributed by atoms with Crippen LogP contribution in [-0.4, -0.2) is 19.6 Å². The van der Waals surface area contributed by atoms with E-state index in [0.717, 1.165) is 5.69 Å². The lowest BCUT2D eigenvalue weighted by Gasteiger charge is -2.16. The fourth-order valence-corrected chi connectivity index (χ4v) is 1.04. The summed E-state index contributed by atoms with van der Waals surface area (Å²) in [5, 5.41) is 2.73. The fraction of sp³-hybridized carbons (Fsp3) is 0.300. The minimum atomic E-state index is -0.0753. The summed E-state index contributed by atoms with van der Waals surface area (Å²) in [7, 11) is 1.75. The molecule has 1 aromatic rings. The summed E-state index contributed by atoms with van der Waals surface area (Å²) in [6.45, 7) is 2.55. The number of para-hydroxylation sites is 1. The SMILES string of the molecule is CCNC(=O)N(C)c1ccccc1. The molecule has 0 saturated carbocycles. The molecule has 3 heteroatoms. The highest BCUT2D eigenvalue weighted by Gasteiger charge is 2.07. The van der Waals surface area contributed by atoms with Crippen molar-refractivity contribution in [2.75, 3.05) is 18.5 Å². The maximum atomic E-state index is 11.4. The van der Waals surface area contributed by atoms with Crippen molar-refractivity contribution in [1.29, 1.82) is 0 Å². The van der Waals surface area contributed by atoms with Gasteiger partial charge in [-0.25, -0.2) is 4.79 Å². The third-order valence-electron chi connectivity index (χ3n) is 1.78. The maximum Gasteiger partial charge on any atom is 0.321 e. The van der Waals surface area contributed by atoms with Gasteiger partial charge in [0.05, 0.1) is 0 Å². The highest BCUT2D eigenvalue weighted by molar-refractivity contribution is 5.91. The first-order valence-electron chi connectivity index (χ1n) is 4.32. The molecular formula is C10H14N2O. The van der Waals surface area contributed by atoms with Gasteiger partial charge in [-0.3, -0.25) is 4.90 Å². The van der Waals surface area contributed by atoms with Crippen LogP contribution in [0.3, 0.4) is 0 Å². The second-order valence-corrected chi connectivity index (χ2v) is 2.73. The quantitative estimate of drug-likeness (QED) is 0.736. The smallest absolute Gasteiger partial charge is 0.321 e. The molecule has 0 aromatic heterocycles. The first-order chi connectivity index (χ1) is 6.25. The Morgan fingerprint density at radius 2 is 2.00 bits per heavy atom. The summed E-state index contributed by atoms with van der Waals surface area (Å²) in [6.07, 6.45) is 0. The molecule has 0 spiro atoms. The van der Waals surface area contributed by atoms with Crippen molar-refractivity contribution in [2.45, 2.75) is 6.92 Å². The monoisotopic (exact) mass is 178 g/mol. The number of amides is 2. The van der Waals surface area contributed by atoms with Crippen LogP contribution in [-0.2, 0) is 0 Å². The van der Waals surface area contributed by atoms with Gasteiger partial charge >= 0.3 is 6.03 Å². The van der Waals surface area contributed by atoms with Crippen LogP contribution in [0.1, 0.15) is 6.92 Å². The van der Waals surface area contributed by atoms with E-state index < -0.39 is 0 Å². The summed E-state index contributed by atoms with van der Waals surface area (Å²) in [6, 6.07) is 9.46. The average Bonchev–Trinajstić information content (AvgIpc) is 2.18. The number of carbonyl (C=O) groups excluding carboxylic acids is 1. The summed E-state index contributed by atoms with van der Waals surface area (Å²) in [5.74, 6) is 0. The summed E-state index contributed by atoms with van der Waals surface area (Å²) in [5.41, 5.74) is 0.897. The van der Waals surface area contributed by atoms with Gasteiger partial charge in [-0.05, 0) is 19.1 Å². The third kappa shape index (κ3) is 2.47. The normalized spacial score (nSPS) is 9.38. The molecule has 0 bridgehead atoms. The Hall–Kier alpha value is -1.51. The summed E-state index contributed by atoms with van der Waals surface area (Å²) in [4.78, 5) is 12.9. The Bertz CT molecular complexity index is 272. The third-order valence-corrected chi connectivity index (χ3v) is 1.78. The van der Waals surface area contributed by atoms with E-state index in [9.17, 15) is 4.79 Å². The molecule has 1 rings (SSSR count). The Morgan fingerprint density at radius 3 is 2.54 bits per heavy atom.